The molecule has 29 heavy (non-hydrogen) atoms. The van der Waals surface area contributed by atoms with Gasteiger partial charge in [0.2, 0.25) is 0 Å². The van der Waals surface area contributed by atoms with Crippen molar-refractivity contribution in [2.45, 2.75) is 20.4 Å². The van der Waals surface area contributed by atoms with Crippen LogP contribution < -0.4 is 5.32 Å². The van der Waals surface area contributed by atoms with Gasteiger partial charge in [0.25, 0.3) is 5.69 Å². The number of aryl methyl sites for hydroxylation is 2. The summed E-state index contributed by atoms with van der Waals surface area (Å²) >= 11 is 0. The first-order valence-corrected chi connectivity index (χ1v) is 9.27. The van der Waals surface area contributed by atoms with Crippen molar-refractivity contribution in [3.05, 3.63) is 76.2 Å². The average molecular weight is 388 g/mol. The molecule has 4 aromatic rings. The molecule has 0 amide bonds. The number of anilines is 1. The molecule has 2 heterocycles. The Kier molecular flexibility index (Phi) is 4.90. The van der Waals surface area contributed by atoms with E-state index in [1.807, 2.05) is 38.1 Å². The van der Waals surface area contributed by atoms with Gasteiger partial charge < -0.3 is 9.88 Å². The summed E-state index contributed by atoms with van der Waals surface area (Å²) in [4.78, 5) is 24.2. The van der Waals surface area contributed by atoms with Crippen molar-refractivity contribution in [3.63, 3.8) is 0 Å². The minimum absolute atomic E-state index is 0.0181. The zero-order valence-electron chi connectivity index (χ0n) is 16.2. The lowest BCUT2D eigenvalue weighted by Gasteiger charge is -2.11. The second-order valence-electron chi connectivity index (χ2n) is 6.75. The van der Waals surface area contributed by atoms with Crippen molar-refractivity contribution in [2.75, 3.05) is 11.9 Å². The van der Waals surface area contributed by atoms with Gasteiger partial charge >= 0.3 is 0 Å². The number of hydrogen-bond acceptors (Lipinski definition) is 6. The summed E-state index contributed by atoms with van der Waals surface area (Å²) in [5.74, 6) is 2.10. The molecule has 146 valence electrons. The molecule has 2 aromatic heterocycles. The molecule has 0 spiro atoms. The number of para-hydroxylation sites is 2. The highest BCUT2D eigenvalue weighted by Crippen LogP contribution is 2.22. The molecule has 0 radical (unpaired) electrons. The van der Waals surface area contributed by atoms with Gasteiger partial charge in [-0.15, -0.1) is 0 Å². The Morgan fingerprint density at radius 1 is 1.03 bits per heavy atom. The molecule has 0 aliphatic heterocycles. The van der Waals surface area contributed by atoms with Gasteiger partial charge in [-0.05, 0) is 26.0 Å². The molecule has 0 bridgehead atoms. The maximum Gasteiger partial charge on any atom is 0.270 e. The van der Waals surface area contributed by atoms with Crippen LogP contribution in [0.25, 0.3) is 22.4 Å². The first-order valence-electron chi connectivity index (χ1n) is 9.27. The van der Waals surface area contributed by atoms with Crippen molar-refractivity contribution in [3.8, 4) is 11.4 Å². The van der Waals surface area contributed by atoms with Gasteiger partial charge in [-0.2, -0.15) is 0 Å². The Hall–Kier alpha value is -3.81. The summed E-state index contributed by atoms with van der Waals surface area (Å²) in [7, 11) is 0. The molecule has 0 aliphatic carbocycles. The first-order chi connectivity index (χ1) is 14.0. The number of hydrogen-bond donors (Lipinski definition) is 1. The maximum absolute atomic E-state index is 11.0. The summed E-state index contributed by atoms with van der Waals surface area (Å²) in [6.07, 6.45) is 0. The molecule has 1 N–H and O–H groups in total. The lowest BCUT2D eigenvalue weighted by molar-refractivity contribution is -0.384. The minimum Gasteiger partial charge on any atom is -0.368 e. The Morgan fingerprint density at radius 2 is 1.86 bits per heavy atom. The van der Waals surface area contributed by atoms with Gasteiger partial charge in [0.05, 0.1) is 16.0 Å². The third-order valence-electron chi connectivity index (χ3n) is 4.66. The number of nitro groups is 1. The number of nitrogens with zero attached hydrogens (tertiary/aromatic N) is 5. The van der Waals surface area contributed by atoms with Crippen LogP contribution in [0.15, 0.2) is 54.6 Å². The molecule has 0 unspecified atom stereocenters. The summed E-state index contributed by atoms with van der Waals surface area (Å²) < 4.78 is 2.16. The van der Waals surface area contributed by atoms with Gasteiger partial charge in [0.1, 0.15) is 11.6 Å². The summed E-state index contributed by atoms with van der Waals surface area (Å²) in [5, 5.41) is 14.4. The second-order valence-corrected chi connectivity index (χ2v) is 6.75. The van der Waals surface area contributed by atoms with Crippen molar-refractivity contribution >= 4 is 22.5 Å². The molecular weight excluding hydrogens is 368 g/mol. The van der Waals surface area contributed by atoms with Crippen LogP contribution in [-0.2, 0) is 6.54 Å². The number of non-ortho nitro benzene ring substituents is 1. The van der Waals surface area contributed by atoms with Gasteiger partial charge in [-0.1, -0.05) is 24.3 Å². The highest BCUT2D eigenvalue weighted by molar-refractivity contribution is 5.75. The highest BCUT2D eigenvalue weighted by Gasteiger charge is 2.11. The molecule has 0 aliphatic rings. The molecule has 0 fully saturated rings. The zero-order chi connectivity index (χ0) is 20.4. The average Bonchev–Trinajstić information content (AvgIpc) is 3.03. The van der Waals surface area contributed by atoms with Crippen molar-refractivity contribution in [2.24, 2.45) is 0 Å². The Morgan fingerprint density at radius 3 is 2.69 bits per heavy atom. The zero-order valence-corrected chi connectivity index (χ0v) is 16.2. The van der Waals surface area contributed by atoms with Crippen LogP contribution in [-0.4, -0.2) is 31.0 Å². The van der Waals surface area contributed by atoms with Crippen LogP contribution in [0, 0.1) is 24.0 Å². The van der Waals surface area contributed by atoms with E-state index in [0.29, 0.717) is 23.8 Å². The van der Waals surface area contributed by atoms with E-state index in [0.717, 1.165) is 29.1 Å². The van der Waals surface area contributed by atoms with Crippen LogP contribution in [0.5, 0.6) is 0 Å². The quantitative estimate of drug-likeness (QED) is 0.394. The Labute approximate surface area is 167 Å². The van der Waals surface area contributed by atoms with E-state index in [1.54, 1.807) is 12.1 Å². The summed E-state index contributed by atoms with van der Waals surface area (Å²) in [6.45, 7) is 5.27. The molecule has 0 saturated carbocycles. The van der Waals surface area contributed by atoms with Crippen LogP contribution >= 0.6 is 0 Å². The van der Waals surface area contributed by atoms with E-state index < -0.39 is 4.92 Å². The fraction of sp³-hybridized carbons (Fsp3) is 0.190. The highest BCUT2D eigenvalue weighted by atomic mass is 16.6. The lowest BCUT2D eigenvalue weighted by atomic mass is 10.2. The van der Waals surface area contributed by atoms with Crippen molar-refractivity contribution < 1.29 is 4.92 Å². The topological polar surface area (TPSA) is 98.8 Å². The van der Waals surface area contributed by atoms with Gasteiger partial charge in [-0.25, -0.2) is 15.0 Å². The van der Waals surface area contributed by atoms with E-state index in [9.17, 15) is 10.1 Å². The van der Waals surface area contributed by atoms with Crippen LogP contribution in [0.4, 0.5) is 11.5 Å². The normalized spacial score (nSPS) is 11.0. The van der Waals surface area contributed by atoms with Crippen LogP contribution in [0.3, 0.4) is 0 Å². The van der Waals surface area contributed by atoms with E-state index in [2.05, 4.69) is 30.9 Å². The van der Waals surface area contributed by atoms with Gasteiger partial charge in [-0.3, -0.25) is 10.1 Å². The monoisotopic (exact) mass is 388 g/mol. The third kappa shape index (κ3) is 3.91. The molecule has 8 heteroatoms. The number of fused-ring (bicyclic) bond motifs is 1. The van der Waals surface area contributed by atoms with Crippen LogP contribution in [0.1, 0.15) is 11.5 Å². The number of nitrogens with one attached hydrogen (secondary N) is 1. The number of benzene rings is 2. The standard InChI is InChI=1S/C21H20N6O2/c1-14-12-20(25-21(23-14)16-6-5-7-17(13-16)27(28)29)22-10-11-26-15(2)24-18-8-3-4-9-19(18)26/h3-9,12-13H,10-11H2,1-2H3,(H,22,23,25). The van der Waals surface area contributed by atoms with Gasteiger partial charge in [0.15, 0.2) is 5.82 Å². The molecular formula is C21H20N6O2. The largest absolute Gasteiger partial charge is 0.368 e. The molecule has 0 atom stereocenters. The third-order valence-corrected chi connectivity index (χ3v) is 4.66. The van der Waals surface area contributed by atoms with E-state index in [4.69, 9.17) is 0 Å². The predicted molar refractivity (Wildman–Crippen MR) is 112 cm³/mol. The first kappa shape index (κ1) is 18.5. The lowest BCUT2D eigenvalue weighted by Crippen LogP contribution is -2.13. The fourth-order valence-electron chi connectivity index (χ4n) is 3.32. The Balaban J connectivity index is 1.53. The number of aromatic nitrogens is 4. The van der Waals surface area contributed by atoms with Crippen LogP contribution in [0.2, 0.25) is 0 Å². The SMILES string of the molecule is Cc1cc(NCCn2c(C)nc3ccccc32)nc(-c2cccc([N+](=O)[O-])c2)n1. The smallest absolute Gasteiger partial charge is 0.270 e. The number of imidazole rings is 1. The van der Waals surface area contributed by atoms with E-state index in [1.165, 1.54) is 12.1 Å². The maximum atomic E-state index is 11.0. The molecule has 8 nitrogen and oxygen atoms in total. The molecule has 2 aromatic carbocycles. The van der Waals surface area contributed by atoms with E-state index >= 15 is 0 Å². The summed E-state index contributed by atoms with van der Waals surface area (Å²) in [6, 6.07) is 16.3. The summed E-state index contributed by atoms with van der Waals surface area (Å²) in [5.41, 5.74) is 3.50. The molecule has 4 rings (SSSR count). The Bertz CT molecular complexity index is 1200. The number of nitro benzene ring substituents is 1. The molecule has 0 saturated heterocycles. The van der Waals surface area contributed by atoms with Gasteiger partial charge in [0, 0.05) is 42.5 Å². The van der Waals surface area contributed by atoms with Crippen molar-refractivity contribution in [1.82, 2.24) is 19.5 Å². The van der Waals surface area contributed by atoms with Crippen molar-refractivity contribution in [1.29, 1.82) is 0 Å². The minimum atomic E-state index is -0.420. The van der Waals surface area contributed by atoms with E-state index in [-0.39, 0.29) is 5.69 Å². The fourth-order valence-corrected chi connectivity index (χ4v) is 3.32. The second kappa shape index (κ2) is 7.67. The predicted octanol–water partition coefficient (Wildman–Crippen LogP) is 4.13. The number of rotatable bonds is 6.